The Morgan fingerprint density at radius 2 is 1.68 bits per heavy atom. The van der Waals surface area contributed by atoms with E-state index in [9.17, 15) is 9.59 Å². The van der Waals surface area contributed by atoms with Crippen molar-refractivity contribution in [3.63, 3.8) is 0 Å². The van der Waals surface area contributed by atoms with Crippen LogP contribution in [0.4, 0.5) is 21.9 Å². The summed E-state index contributed by atoms with van der Waals surface area (Å²) in [6, 6.07) is 24.2. The molecule has 2 N–H and O–H groups in total. The summed E-state index contributed by atoms with van der Waals surface area (Å²) < 4.78 is 12.3. The molecule has 0 fully saturated rings. The second-order valence-corrected chi connectivity index (χ2v) is 13.6. The number of hydrogen-bond donors (Lipinski definition) is 2. The molecule has 242 valence electrons. The maximum Gasteiger partial charge on any atom is 0.327 e. The normalized spacial score (nSPS) is 16.9. The lowest BCUT2D eigenvalue weighted by atomic mass is 9.73. The Morgan fingerprint density at radius 1 is 0.915 bits per heavy atom. The summed E-state index contributed by atoms with van der Waals surface area (Å²) in [6.07, 6.45) is 0.963. The van der Waals surface area contributed by atoms with Crippen LogP contribution in [0.1, 0.15) is 50.8 Å². The third kappa shape index (κ3) is 7.08. The number of fused-ring (bicyclic) bond motifs is 1. The molecule has 0 unspecified atom stereocenters. The van der Waals surface area contributed by atoms with E-state index in [4.69, 9.17) is 44.3 Å². The van der Waals surface area contributed by atoms with Crippen molar-refractivity contribution in [1.82, 2.24) is 0 Å². The van der Waals surface area contributed by atoms with Crippen LogP contribution in [0.5, 0.6) is 11.5 Å². The highest BCUT2D eigenvalue weighted by molar-refractivity contribution is 6.42. The summed E-state index contributed by atoms with van der Waals surface area (Å²) in [7, 11) is 0. The first-order valence-electron chi connectivity index (χ1n) is 15.3. The molecule has 10 heteroatoms. The smallest absolute Gasteiger partial charge is 0.327 e. The Morgan fingerprint density at radius 3 is 2.43 bits per heavy atom. The van der Waals surface area contributed by atoms with E-state index < -0.39 is 12.1 Å². The summed E-state index contributed by atoms with van der Waals surface area (Å²) in [5.41, 5.74) is 4.47. The Balaban J connectivity index is 1.48. The van der Waals surface area contributed by atoms with Crippen molar-refractivity contribution < 1.29 is 19.1 Å². The number of nitrogens with one attached hydrogen (secondary N) is 2. The van der Waals surface area contributed by atoms with Gasteiger partial charge < -0.3 is 20.1 Å². The second-order valence-electron chi connectivity index (χ2n) is 12.4. The molecular formula is C37H34Cl3N3O4. The van der Waals surface area contributed by atoms with Crippen LogP contribution >= 0.6 is 34.8 Å². The number of benzene rings is 4. The van der Waals surface area contributed by atoms with Gasteiger partial charge in [0.2, 0.25) is 0 Å². The summed E-state index contributed by atoms with van der Waals surface area (Å²) in [5.74, 6) is 1.00. The van der Waals surface area contributed by atoms with Gasteiger partial charge in [0, 0.05) is 28.4 Å². The van der Waals surface area contributed by atoms with Gasteiger partial charge in [0.25, 0.3) is 0 Å². The fourth-order valence-corrected chi connectivity index (χ4v) is 6.53. The van der Waals surface area contributed by atoms with E-state index in [0.717, 1.165) is 11.3 Å². The van der Waals surface area contributed by atoms with Gasteiger partial charge in [0.1, 0.15) is 6.61 Å². The minimum absolute atomic E-state index is 0.0325. The maximum atomic E-state index is 14.4. The number of ether oxygens (including phenoxy) is 2. The average molecular weight is 691 g/mol. The molecule has 1 atom stereocenters. The van der Waals surface area contributed by atoms with E-state index in [1.807, 2.05) is 73.7 Å². The van der Waals surface area contributed by atoms with Crippen LogP contribution < -0.4 is 25.0 Å². The Hall–Kier alpha value is -4.17. The molecule has 47 heavy (non-hydrogen) atoms. The molecule has 6 rings (SSSR count). The zero-order valence-electron chi connectivity index (χ0n) is 26.2. The number of urea groups is 1. The van der Waals surface area contributed by atoms with Gasteiger partial charge in [0.15, 0.2) is 17.3 Å². The van der Waals surface area contributed by atoms with E-state index in [2.05, 4.69) is 24.5 Å². The van der Waals surface area contributed by atoms with Gasteiger partial charge >= 0.3 is 6.03 Å². The number of amides is 2. The van der Waals surface area contributed by atoms with Crippen molar-refractivity contribution in [2.24, 2.45) is 5.41 Å². The number of nitrogens with zero attached hydrogens (tertiary/aromatic N) is 1. The van der Waals surface area contributed by atoms with Crippen molar-refractivity contribution in [3.05, 3.63) is 122 Å². The van der Waals surface area contributed by atoms with Crippen molar-refractivity contribution in [3.8, 4) is 11.5 Å². The fourth-order valence-electron chi connectivity index (χ4n) is 6.11. The van der Waals surface area contributed by atoms with E-state index in [-0.39, 0.29) is 11.2 Å². The lowest BCUT2D eigenvalue weighted by Crippen LogP contribution is -2.41. The van der Waals surface area contributed by atoms with Crippen molar-refractivity contribution >= 4 is 63.7 Å². The van der Waals surface area contributed by atoms with Crippen LogP contribution in [0.2, 0.25) is 15.1 Å². The first kappa shape index (κ1) is 32.8. The van der Waals surface area contributed by atoms with Gasteiger partial charge in [-0.05, 0) is 84.5 Å². The minimum Gasteiger partial charge on any atom is -0.490 e. The summed E-state index contributed by atoms with van der Waals surface area (Å²) >= 11 is 18.5. The number of carbonyl (C=O) groups is 2. The molecule has 1 heterocycles. The maximum absolute atomic E-state index is 14.4. The van der Waals surface area contributed by atoms with Gasteiger partial charge in [-0.15, -0.1) is 0 Å². The number of allylic oxidation sites excluding steroid dienone is 1. The number of hydrogen-bond acceptors (Lipinski definition) is 5. The van der Waals surface area contributed by atoms with Crippen LogP contribution in [-0.2, 0) is 11.4 Å². The quantitative estimate of drug-likeness (QED) is 0.202. The molecule has 7 nitrogen and oxygen atoms in total. The van der Waals surface area contributed by atoms with Gasteiger partial charge in [-0.2, -0.15) is 0 Å². The molecule has 0 spiro atoms. The molecule has 4 aromatic rings. The predicted octanol–water partition coefficient (Wildman–Crippen LogP) is 10.5. The van der Waals surface area contributed by atoms with Crippen LogP contribution in [-0.4, -0.2) is 18.4 Å². The molecule has 4 aromatic carbocycles. The molecule has 2 amide bonds. The molecular weight excluding hydrogens is 657 g/mol. The first-order valence-corrected chi connectivity index (χ1v) is 16.5. The van der Waals surface area contributed by atoms with Crippen molar-refractivity contribution in [2.45, 2.75) is 46.3 Å². The second kappa shape index (κ2) is 13.5. The zero-order chi connectivity index (χ0) is 33.3. The van der Waals surface area contributed by atoms with Crippen molar-refractivity contribution in [2.75, 3.05) is 22.1 Å². The molecule has 1 aliphatic heterocycles. The number of para-hydroxylation sites is 2. The Bertz CT molecular complexity index is 1870. The number of ketones is 1. The lowest BCUT2D eigenvalue weighted by molar-refractivity contribution is -0.118. The largest absolute Gasteiger partial charge is 0.490 e. The van der Waals surface area contributed by atoms with Crippen LogP contribution in [0, 0.1) is 5.41 Å². The van der Waals surface area contributed by atoms with Gasteiger partial charge in [-0.3, -0.25) is 9.69 Å². The van der Waals surface area contributed by atoms with Crippen LogP contribution in [0.3, 0.4) is 0 Å². The molecule has 0 saturated heterocycles. The van der Waals surface area contributed by atoms with Crippen molar-refractivity contribution in [1.29, 1.82) is 0 Å². The number of carbonyl (C=O) groups excluding carboxylic acids is 2. The van der Waals surface area contributed by atoms with E-state index in [1.54, 1.807) is 23.1 Å². The highest BCUT2D eigenvalue weighted by Crippen LogP contribution is 2.49. The van der Waals surface area contributed by atoms with Crippen LogP contribution in [0.15, 0.2) is 96.2 Å². The number of anilines is 3. The highest BCUT2D eigenvalue weighted by Gasteiger charge is 2.43. The fraction of sp³-hybridized carbons (Fsp3) is 0.243. The molecule has 0 bridgehead atoms. The predicted molar refractivity (Wildman–Crippen MR) is 189 cm³/mol. The Kier molecular flexibility index (Phi) is 9.42. The summed E-state index contributed by atoms with van der Waals surface area (Å²) in [5, 5.41) is 7.86. The van der Waals surface area contributed by atoms with Gasteiger partial charge in [0.05, 0.1) is 34.1 Å². The molecule has 0 radical (unpaired) electrons. The zero-order valence-corrected chi connectivity index (χ0v) is 28.5. The Labute approximate surface area is 289 Å². The lowest BCUT2D eigenvalue weighted by Gasteiger charge is -2.37. The highest BCUT2D eigenvalue weighted by atomic mass is 35.5. The van der Waals surface area contributed by atoms with E-state index in [0.29, 0.717) is 80.8 Å². The topological polar surface area (TPSA) is 79.9 Å². The van der Waals surface area contributed by atoms with Crippen LogP contribution in [0.25, 0.3) is 0 Å². The molecule has 0 aromatic heterocycles. The average Bonchev–Trinajstić information content (AvgIpc) is 3.17. The van der Waals surface area contributed by atoms with Gasteiger partial charge in [-0.25, -0.2) is 4.79 Å². The number of rotatable bonds is 7. The molecule has 0 saturated carbocycles. The molecule has 1 aliphatic carbocycles. The summed E-state index contributed by atoms with van der Waals surface area (Å²) in [6.45, 7) is 6.75. The number of Topliss-reactive ketones (excluding diaryl/α,β-unsaturated/α-hetero) is 1. The standard InChI is InChI=1S/C37H34Cl3N3O4/c1-4-46-33-17-23(11-16-32(33)47-21-22-9-12-24(38)13-10-22)35-34-29(19-37(2,3)20-31(34)44)42-28-7-5-6-8-30(28)43(35)36(45)41-25-14-15-26(39)27(40)18-25/h5-18,35,42H,4,19-21H2,1-3H3,(H,41,45)/t35-/m0/s1. The number of halogens is 3. The third-order valence-electron chi connectivity index (χ3n) is 8.18. The first-order chi connectivity index (χ1) is 22.5. The summed E-state index contributed by atoms with van der Waals surface area (Å²) in [4.78, 5) is 30.2. The minimum atomic E-state index is -0.794. The SMILES string of the molecule is CCOc1cc([C@H]2C3=C(CC(C)(C)CC3=O)Nc3ccccc3N2C(=O)Nc2ccc(Cl)c(Cl)c2)ccc1OCc1ccc(Cl)cc1. The van der Waals surface area contributed by atoms with E-state index in [1.165, 1.54) is 0 Å². The monoisotopic (exact) mass is 689 g/mol. The van der Waals surface area contributed by atoms with E-state index >= 15 is 0 Å². The molecule has 2 aliphatic rings. The van der Waals surface area contributed by atoms with Gasteiger partial charge in [-0.1, -0.05) is 79.0 Å². The third-order valence-corrected chi connectivity index (χ3v) is 9.17.